The van der Waals surface area contributed by atoms with Gasteiger partial charge in [0.2, 0.25) is 0 Å². The molecule has 18 heavy (non-hydrogen) atoms. The van der Waals surface area contributed by atoms with Crippen molar-refractivity contribution in [2.45, 2.75) is 37.5 Å². The lowest BCUT2D eigenvalue weighted by Gasteiger charge is -2.24. The quantitative estimate of drug-likeness (QED) is 0.837. The van der Waals surface area contributed by atoms with Crippen molar-refractivity contribution >= 4 is 17.7 Å². The second kappa shape index (κ2) is 6.18. The Morgan fingerprint density at radius 2 is 2.17 bits per heavy atom. The number of aromatic nitrogens is 2. The van der Waals surface area contributed by atoms with E-state index in [1.807, 2.05) is 23.7 Å². The van der Waals surface area contributed by atoms with Crippen LogP contribution in [0.2, 0.25) is 0 Å². The highest BCUT2D eigenvalue weighted by atomic mass is 32.2. The third-order valence-electron chi connectivity index (χ3n) is 3.43. The predicted molar refractivity (Wildman–Crippen MR) is 73.7 cm³/mol. The van der Waals surface area contributed by atoms with Crippen molar-refractivity contribution in [3.63, 3.8) is 0 Å². The molecule has 1 fully saturated rings. The monoisotopic (exact) mass is 265 g/mol. The van der Waals surface area contributed by atoms with Crippen molar-refractivity contribution in [3.05, 3.63) is 24.3 Å². The van der Waals surface area contributed by atoms with Crippen molar-refractivity contribution in [2.24, 2.45) is 0 Å². The van der Waals surface area contributed by atoms with Gasteiger partial charge in [-0.15, -0.1) is 0 Å². The van der Waals surface area contributed by atoms with Crippen LogP contribution >= 0.6 is 11.8 Å². The maximum absolute atomic E-state index is 12.2. The van der Waals surface area contributed by atoms with Crippen LogP contribution < -0.4 is 0 Å². The first-order valence-electron chi connectivity index (χ1n) is 6.36. The zero-order valence-corrected chi connectivity index (χ0v) is 11.7. The van der Waals surface area contributed by atoms with Crippen molar-refractivity contribution in [1.82, 2.24) is 14.9 Å². The molecular formula is C13H19N3OS. The summed E-state index contributed by atoms with van der Waals surface area (Å²) in [5, 5.41) is 0.710. The number of rotatable bonds is 4. The van der Waals surface area contributed by atoms with Crippen molar-refractivity contribution in [1.29, 1.82) is 0 Å². The first-order valence-corrected chi connectivity index (χ1v) is 7.41. The molecule has 5 heteroatoms. The summed E-state index contributed by atoms with van der Waals surface area (Å²) in [7, 11) is 1.89. The normalized spacial score (nSPS) is 23.0. The van der Waals surface area contributed by atoms with Gasteiger partial charge in [0.05, 0.1) is 5.56 Å². The van der Waals surface area contributed by atoms with Gasteiger partial charge in [-0.2, -0.15) is 11.8 Å². The Bertz CT molecular complexity index is 398. The molecule has 2 rings (SSSR count). The molecule has 98 valence electrons. The first kappa shape index (κ1) is 13.3. The van der Waals surface area contributed by atoms with Gasteiger partial charge < -0.3 is 4.90 Å². The highest BCUT2D eigenvalue weighted by Crippen LogP contribution is 2.32. The van der Waals surface area contributed by atoms with E-state index in [1.165, 1.54) is 12.7 Å². The third-order valence-corrected chi connectivity index (χ3v) is 4.67. The van der Waals surface area contributed by atoms with Crippen molar-refractivity contribution < 1.29 is 4.79 Å². The van der Waals surface area contributed by atoms with Crippen LogP contribution in [0.15, 0.2) is 18.7 Å². The molecule has 0 spiro atoms. The summed E-state index contributed by atoms with van der Waals surface area (Å²) in [4.78, 5) is 21.9. The highest BCUT2D eigenvalue weighted by molar-refractivity contribution is 7.99. The molecule has 1 saturated carbocycles. The Labute approximate surface area is 112 Å². The Balaban J connectivity index is 1.96. The molecule has 4 nitrogen and oxygen atoms in total. The highest BCUT2D eigenvalue weighted by Gasteiger charge is 2.30. The van der Waals surface area contributed by atoms with E-state index in [0.717, 1.165) is 18.6 Å². The maximum atomic E-state index is 12.2. The van der Waals surface area contributed by atoms with Crippen LogP contribution in [0, 0.1) is 0 Å². The average molecular weight is 265 g/mol. The van der Waals surface area contributed by atoms with E-state index in [9.17, 15) is 4.79 Å². The Morgan fingerprint density at radius 1 is 1.44 bits per heavy atom. The van der Waals surface area contributed by atoms with Gasteiger partial charge in [-0.25, -0.2) is 9.97 Å². The lowest BCUT2D eigenvalue weighted by Crippen LogP contribution is -2.35. The fourth-order valence-corrected chi connectivity index (χ4v) is 3.57. The number of hydrogen-bond donors (Lipinski definition) is 0. The zero-order valence-electron chi connectivity index (χ0n) is 10.9. The van der Waals surface area contributed by atoms with E-state index < -0.39 is 0 Å². The third kappa shape index (κ3) is 3.02. The Morgan fingerprint density at radius 3 is 2.83 bits per heavy atom. The molecule has 1 amide bonds. The van der Waals surface area contributed by atoms with Crippen LogP contribution in [-0.4, -0.2) is 44.9 Å². The number of amides is 1. The molecule has 0 radical (unpaired) electrons. The summed E-state index contributed by atoms with van der Waals surface area (Å²) in [6.07, 6.45) is 8.03. The number of thioether (sulfide) groups is 1. The standard InChI is InChI=1S/C13H19N3OS/c1-3-18-12-5-4-11(6-12)16(2)13(17)10-7-14-9-15-8-10/h7-9,11-12H,3-6H2,1-2H3. The largest absolute Gasteiger partial charge is 0.339 e. The SMILES string of the molecule is CCSC1CCC(N(C)C(=O)c2cncnc2)C1. The molecule has 2 unspecified atom stereocenters. The lowest BCUT2D eigenvalue weighted by atomic mass is 10.2. The molecule has 1 aliphatic carbocycles. The maximum Gasteiger partial charge on any atom is 0.256 e. The van der Waals surface area contributed by atoms with Crippen LogP contribution in [0.3, 0.4) is 0 Å². The fraction of sp³-hybridized carbons (Fsp3) is 0.615. The van der Waals surface area contributed by atoms with Gasteiger partial charge in [0.15, 0.2) is 0 Å². The fourth-order valence-electron chi connectivity index (χ4n) is 2.44. The van der Waals surface area contributed by atoms with Crippen LogP contribution in [0.4, 0.5) is 0 Å². The summed E-state index contributed by atoms with van der Waals surface area (Å²) in [6, 6.07) is 0.363. The van der Waals surface area contributed by atoms with E-state index in [2.05, 4.69) is 16.9 Å². The molecule has 0 saturated heterocycles. The van der Waals surface area contributed by atoms with Crippen LogP contribution in [0.25, 0.3) is 0 Å². The van der Waals surface area contributed by atoms with Gasteiger partial charge >= 0.3 is 0 Å². The van der Waals surface area contributed by atoms with Crippen LogP contribution in [0.1, 0.15) is 36.5 Å². The van der Waals surface area contributed by atoms with Crippen LogP contribution in [-0.2, 0) is 0 Å². The summed E-state index contributed by atoms with van der Waals surface area (Å²) < 4.78 is 0. The summed E-state index contributed by atoms with van der Waals surface area (Å²) in [5.41, 5.74) is 0.576. The molecule has 1 aliphatic rings. The zero-order chi connectivity index (χ0) is 13.0. The van der Waals surface area contributed by atoms with Crippen LogP contribution in [0.5, 0.6) is 0 Å². The van der Waals surface area contributed by atoms with E-state index in [-0.39, 0.29) is 5.91 Å². The van der Waals surface area contributed by atoms with E-state index in [0.29, 0.717) is 16.9 Å². The molecule has 0 aromatic carbocycles. The van der Waals surface area contributed by atoms with Gasteiger partial charge in [-0.05, 0) is 25.0 Å². The number of nitrogens with zero attached hydrogens (tertiary/aromatic N) is 3. The summed E-state index contributed by atoms with van der Waals surface area (Å²) >= 11 is 2.00. The number of hydrogen-bond acceptors (Lipinski definition) is 4. The summed E-state index contributed by atoms with van der Waals surface area (Å²) in [6.45, 7) is 2.19. The van der Waals surface area contributed by atoms with Gasteiger partial charge in [-0.1, -0.05) is 6.92 Å². The van der Waals surface area contributed by atoms with Crippen molar-refractivity contribution in [2.75, 3.05) is 12.8 Å². The molecule has 1 aromatic heterocycles. The van der Waals surface area contributed by atoms with E-state index in [4.69, 9.17) is 0 Å². The topological polar surface area (TPSA) is 46.1 Å². The number of carbonyl (C=O) groups is 1. The minimum atomic E-state index is 0.0303. The summed E-state index contributed by atoms with van der Waals surface area (Å²) in [5.74, 6) is 1.18. The smallest absolute Gasteiger partial charge is 0.256 e. The van der Waals surface area contributed by atoms with E-state index >= 15 is 0 Å². The van der Waals surface area contributed by atoms with Gasteiger partial charge in [0, 0.05) is 30.7 Å². The first-order chi connectivity index (χ1) is 8.72. The van der Waals surface area contributed by atoms with Gasteiger partial charge in [0.1, 0.15) is 6.33 Å². The Hall–Kier alpha value is -1.10. The molecule has 1 heterocycles. The molecule has 2 atom stereocenters. The minimum absolute atomic E-state index is 0.0303. The minimum Gasteiger partial charge on any atom is -0.339 e. The molecular weight excluding hydrogens is 246 g/mol. The number of carbonyl (C=O) groups excluding carboxylic acids is 1. The molecule has 0 bridgehead atoms. The predicted octanol–water partition coefficient (Wildman–Crippen LogP) is 2.22. The van der Waals surface area contributed by atoms with E-state index in [1.54, 1.807) is 12.4 Å². The van der Waals surface area contributed by atoms with Gasteiger partial charge in [-0.3, -0.25) is 4.79 Å². The second-order valence-corrected chi connectivity index (χ2v) is 6.16. The average Bonchev–Trinajstić information content (AvgIpc) is 2.87. The molecule has 0 aliphatic heterocycles. The molecule has 1 aromatic rings. The second-order valence-electron chi connectivity index (χ2n) is 4.59. The Kier molecular flexibility index (Phi) is 4.58. The van der Waals surface area contributed by atoms with Crippen molar-refractivity contribution in [3.8, 4) is 0 Å². The lowest BCUT2D eigenvalue weighted by molar-refractivity contribution is 0.0734. The van der Waals surface area contributed by atoms with Gasteiger partial charge in [0.25, 0.3) is 5.91 Å². The molecule has 0 N–H and O–H groups in total.